The molecule has 1 saturated carbocycles. The second kappa shape index (κ2) is 4.88. The van der Waals surface area contributed by atoms with Gasteiger partial charge in [0.05, 0.1) is 11.1 Å². The zero-order chi connectivity index (χ0) is 15.1. The van der Waals surface area contributed by atoms with Gasteiger partial charge in [-0.05, 0) is 42.5 Å². The van der Waals surface area contributed by atoms with Crippen molar-refractivity contribution < 1.29 is 31.9 Å². The van der Waals surface area contributed by atoms with Crippen LogP contribution in [0, 0.1) is 5.92 Å². The quantitative estimate of drug-likeness (QED) is 0.837. The van der Waals surface area contributed by atoms with Crippen LogP contribution in [-0.2, 0) is 6.18 Å². The topological polar surface area (TPSA) is 37.3 Å². The Kier molecular flexibility index (Phi) is 3.54. The normalized spacial score (nSPS) is 15.1. The van der Waals surface area contributed by atoms with E-state index in [1.807, 2.05) is 0 Å². The van der Waals surface area contributed by atoms with Gasteiger partial charge in [0.2, 0.25) is 0 Å². The third-order valence-corrected chi connectivity index (χ3v) is 3.01. The molecule has 0 aromatic heterocycles. The Balaban J connectivity index is 2.61. The predicted octanol–water partition coefficient (Wildman–Crippen LogP) is 4.42. The van der Waals surface area contributed by atoms with Crippen molar-refractivity contribution in [2.75, 3.05) is 0 Å². The number of rotatable bonds is 3. The molecule has 108 valence electrons. The maximum absolute atomic E-state index is 12.9. The molecule has 0 heterocycles. The summed E-state index contributed by atoms with van der Waals surface area (Å²) in [7, 11) is 0. The number of alkyl halides is 3. The first-order valence-corrected chi connectivity index (χ1v) is 5.71. The highest BCUT2D eigenvalue weighted by Gasteiger charge is 2.35. The molecule has 2 nitrogen and oxygen atoms in total. The zero-order valence-corrected chi connectivity index (χ0v) is 9.97. The lowest BCUT2D eigenvalue weighted by Gasteiger charge is -2.12. The number of carboxylic acids is 1. The average molecular weight is 292 g/mol. The lowest BCUT2D eigenvalue weighted by molar-refractivity contribution is -0.137. The molecule has 1 aliphatic carbocycles. The summed E-state index contributed by atoms with van der Waals surface area (Å²) in [5, 5.41) is 8.80. The molecule has 7 heteroatoms. The van der Waals surface area contributed by atoms with E-state index in [4.69, 9.17) is 5.11 Å². The Hall–Kier alpha value is -1.92. The molecule has 0 bridgehead atoms. The van der Waals surface area contributed by atoms with Crippen LogP contribution >= 0.6 is 0 Å². The van der Waals surface area contributed by atoms with Gasteiger partial charge in [-0.25, -0.2) is 4.79 Å². The first kappa shape index (κ1) is 14.5. The number of hydrogen-bond donors (Lipinski definition) is 1. The van der Waals surface area contributed by atoms with E-state index >= 15 is 0 Å². The van der Waals surface area contributed by atoms with Gasteiger partial charge in [-0.3, -0.25) is 0 Å². The molecular formula is C13H9F5O2. The van der Waals surface area contributed by atoms with Crippen LogP contribution in [0.4, 0.5) is 22.0 Å². The van der Waals surface area contributed by atoms with Crippen molar-refractivity contribution in [1.82, 2.24) is 0 Å². The van der Waals surface area contributed by atoms with E-state index in [2.05, 4.69) is 0 Å². The largest absolute Gasteiger partial charge is 0.478 e. The van der Waals surface area contributed by atoms with Gasteiger partial charge in [0.1, 0.15) is 0 Å². The highest BCUT2D eigenvalue weighted by molar-refractivity contribution is 5.89. The number of halogens is 5. The average Bonchev–Trinajstić information content (AvgIpc) is 3.11. The van der Waals surface area contributed by atoms with Crippen LogP contribution in [0.5, 0.6) is 0 Å². The third-order valence-electron chi connectivity index (χ3n) is 3.01. The summed E-state index contributed by atoms with van der Waals surface area (Å²) in [4.78, 5) is 10.8. The van der Waals surface area contributed by atoms with Crippen LogP contribution in [0.1, 0.15) is 34.3 Å². The molecule has 1 fully saturated rings. The van der Waals surface area contributed by atoms with Gasteiger partial charge in [0.15, 0.2) is 0 Å². The van der Waals surface area contributed by atoms with Crippen molar-refractivity contribution in [2.24, 2.45) is 5.92 Å². The van der Waals surface area contributed by atoms with Gasteiger partial charge >= 0.3 is 12.1 Å². The summed E-state index contributed by atoms with van der Waals surface area (Å²) in [6.45, 7) is 0. The fraction of sp³-hybridized carbons (Fsp3) is 0.308. The summed E-state index contributed by atoms with van der Waals surface area (Å²) in [6.07, 6.45) is -5.93. The fourth-order valence-corrected chi connectivity index (χ4v) is 1.94. The van der Waals surface area contributed by atoms with E-state index in [-0.39, 0.29) is 5.56 Å². The minimum atomic E-state index is -4.79. The predicted molar refractivity (Wildman–Crippen MR) is 60.3 cm³/mol. The molecule has 2 rings (SSSR count). The molecule has 0 amide bonds. The Labute approximate surface area is 110 Å². The van der Waals surface area contributed by atoms with Crippen LogP contribution in [0.2, 0.25) is 0 Å². The van der Waals surface area contributed by atoms with Gasteiger partial charge in [0, 0.05) is 5.57 Å². The molecule has 1 aromatic rings. The molecule has 0 aliphatic heterocycles. The minimum Gasteiger partial charge on any atom is -0.478 e. The Morgan fingerprint density at radius 1 is 1.10 bits per heavy atom. The van der Waals surface area contributed by atoms with Crippen LogP contribution in [-0.4, -0.2) is 11.1 Å². The maximum Gasteiger partial charge on any atom is 0.416 e. The highest BCUT2D eigenvalue weighted by atomic mass is 19.4. The first-order valence-electron chi connectivity index (χ1n) is 5.71. The molecule has 1 aliphatic rings. The number of aromatic carboxylic acids is 1. The first-order chi connectivity index (χ1) is 9.20. The van der Waals surface area contributed by atoms with Gasteiger partial charge in [0.25, 0.3) is 6.08 Å². The van der Waals surface area contributed by atoms with Crippen molar-refractivity contribution >= 4 is 11.5 Å². The maximum atomic E-state index is 12.9. The summed E-state index contributed by atoms with van der Waals surface area (Å²) < 4.78 is 63.9. The van der Waals surface area contributed by atoms with E-state index in [0.717, 1.165) is 6.07 Å². The number of allylic oxidation sites excluding steroid dienone is 1. The molecule has 0 spiro atoms. The van der Waals surface area contributed by atoms with Crippen molar-refractivity contribution in [3.8, 4) is 0 Å². The SMILES string of the molecule is O=C(O)c1cc(C(=C(F)F)C2CC2)cc(C(F)(F)F)c1. The van der Waals surface area contributed by atoms with Gasteiger partial charge < -0.3 is 5.11 Å². The van der Waals surface area contributed by atoms with Crippen LogP contribution in [0.15, 0.2) is 24.3 Å². The summed E-state index contributed by atoms with van der Waals surface area (Å²) in [6, 6.07) is 1.86. The molecule has 0 saturated heterocycles. The van der Waals surface area contributed by atoms with Crippen molar-refractivity contribution in [3.05, 3.63) is 41.0 Å². The van der Waals surface area contributed by atoms with E-state index in [1.54, 1.807) is 0 Å². The van der Waals surface area contributed by atoms with Gasteiger partial charge in [-0.15, -0.1) is 0 Å². The highest BCUT2D eigenvalue weighted by Crippen LogP contribution is 2.45. The van der Waals surface area contributed by atoms with Crippen molar-refractivity contribution in [3.63, 3.8) is 0 Å². The zero-order valence-electron chi connectivity index (χ0n) is 9.97. The monoisotopic (exact) mass is 292 g/mol. The van der Waals surface area contributed by atoms with E-state index in [1.165, 1.54) is 0 Å². The molecule has 0 atom stereocenters. The lowest BCUT2D eigenvalue weighted by Crippen LogP contribution is -2.09. The number of carboxylic acid groups (broad SMARTS) is 1. The van der Waals surface area contributed by atoms with Crippen LogP contribution < -0.4 is 0 Å². The Bertz CT molecular complexity index is 581. The Morgan fingerprint density at radius 3 is 2.05 bits per heavy atom. The molecular weight excluding hydrogens is 283 g/mol. The number of hydrogen-bond acceptors (Lipinski definition) is 1. The van der Waals surface area contributed by atoms with Crippen LogP contribution in [0.3, 0.4) is 0 Å². The van der Waals surface area contributed by atoms with Crippen LogP contribution in [0.25, 0.3) is 5.57 Å². The molecule has 20 heavy (non-hydrogen) atoms. The summed E-state index contributed by atoms with van der Waals surface area (Å²) >= 11 is 0. The number of carbonyl (C=O) groups is 1. The third kappa shape index (κ3) is 2.97. The van der Waals surface area contributed by atoms with Gasteiger partial charge in [-0.2, -0.15) is 22.0 Å². The second-order valence-electron chi connectivity index (χ2n) is 4.55. The standard InChI is InChI=1S/C13H9F5O2/c14-11(15)10(6-1-2-6)7-3-8(12(19)20)5-9(4-7)13(16,17)18/h3-6H,1-2H2,(H,19,20). The Morgan fingerprint density at radius 2 is 1.65 bits per heavy atom. The minimum absolute atomic E-state index is 0.375. The van der Waals surface area contributed by atoms with Crippen molar-refractivity contribution in [1.29, 1.82) is 0 Å². The smallest absolute Gasteiger partial charge is 0.416 e. The lowest BCUT2D eigenvalue weighted by atomic mass is 9.97. The van der Waals surface area contributed by atoms with E-state index in [0.29, 0.717) is 25.0 Å². The van der Waals surface area contributed by atoms with E-state index < -0.39 is 40.8 Å². The molecule has 1 N–H and O–H groups in total. The van der Waals surface area contributed by atoms with Gasteiger partial charge in [-0.1, -0.05) is 0 Å². The van der Waals surface area contributed by atoms with Crippen molar-refractivity contribution in [2.45, 2.75) is 19.0 Å². The molecule has 0 unspecified atom stereocenters. The summed E-state index contributed by atoms with van der Waals surface area (Å²) in [5.41, 5.74) is -2.76. The second-order valence-corrected chi connectivity index (χ2v) is 4.55. The summed E-state index contributed by atoms with van der Waals surface area (Å²) in [5.74, 6) is -2.09. The fourth-order valence-electron chi connectivity index (χ4n) is 1.94. The molecule has 1 aromatic carbocycles. The molecule has 0 radical (unpaired) electrons. The van der Waals surface area contributed by atoms with E-state index in [9.17, 15) is 26.7 Å². The number of benzene rings is 1.